The number of aromatic nitrogens is 2. The van der Waals surface area contributed by atoms with Crippen LogP contribution in [0.5, 0.6) is 5.75 Å². The van der Waals surface area contributed by atoms with Crippen LogP contribution in [0.2, 0.25) is 0 Å². The van der Waals surface area contributed by atoms with Gasteiger partial charge in [-0.05, 0) is 49.7 Å². The summed E-state index contributed by atoms with van der Waals surface area (Å²) in [6.45, 7) is 1.66. The third kappa shape index (κ3) is 6.43. The summed E-state index contributed by atoms with van der Waals surface area (Å²) < 4.78 is 5.82. The van der Waals surface area contributed by atoms with Gasteiger partial charge in [0.05, 0.1) is 5.69 Å². The van der Waals surface area contributed by atoms with Crippen molar-refractivity contribution in [3.05, 3.63) is 71.6 Å². The van der Waals surface area contributed by atoms with E-state index in [9.17, 15) is 4.79 Å². The summed E-state index contributed by atoms with van der Waals surface area (Å²) in [5.41, 5.74) is 11.0. The summed E-state index contributed by atoms with van der Waals surface area (Å²) in [5, 5.41) is 14.1. The number of anilines is 2. The predicted octanol–water partition coefficient (Wildman–Crippen LogP) is 4.26. The highest BCUT2D eigenvalue weighted by molar-refractivity contribution is 6.08. The van der Waals surface area contributed by atoms with E-state index >= 15 is 0 Å². The molecule has 5 N–H and O–H groups in total. The number of ether oxygens (including phenoxy) is 1. The van der Waals surface area contributed by atoms with Gasteiger partial charge in [0, 0.05) is 60.4 Å². The molecule has 1 saturated carbocycles. The minimum Gasteiger partial charge on any atom is -0.484 e. The van der Waals surface area contributed by atoms with Gasteiger partial charge >= 0.3 is 0 Å². The van der Waals surface area contributed by atoms with Gasteiger partial charge in [0.25, 0.3) is 5.91 Å². The fourth-order valence-electron chi connectivity index (χ4n) is 5.11. The van der Waals surface area contributed by atoms with Gasteiger partial charge in [0.2, 0.25) is 0 Å². The maximum atomic E-state index is 12.3. The molecule has 3 aromatic rings. The molecule has 39 heavy (non-hydrogen) atoms. The van der Waals surface area contributed by atoms with Gasteiger partial charge in [-0.3, -0.25) is 4.79 Å². The Labute approximate surface area is 229 Å². The Morgan fingerprint density at radius 2 is 1.97 bits per heavy atom. The molecule has 0 bridgehead atoms. The summed E-state index contributed by atoms with van der Waals surface area (Å²) in [5.74, 6) is 1.89. The number of carbonyl (C=O) groups excluding carboxylic acids is 1. The van der Waals surface area contributed by atoms with Crippen LogP contribution < -0.4 is 21.1 Å². The number of hydrogen-bond donors (Lipinski definition) is 4. The number of likely N-dealkylation sites (N-methyl/N-ethyl adjacent to an activating group) is 1. The summed E-state index contributed by atoms with van der Waals surface area (Å²) in [6, 6.07) is 15.6. The average molecular weight is 526 g/mol. The van der Waals surface area contributed by atoms with Crippen LogP contribution in [0.1, 0.15) is 42.5 Å². The molecule has 1 aromatic heterocycles. The Bertz CT molecular complexity index is 1360. The largest absolute Gasteiger partial charge is 0.484 e. The van der Waals surface area contributed by atoms with Crippen LogP contribution in [-0.2, 0) is 17.8 Å². The number of nitrogens with one attached hydrogen (secondary N) is 3. The van der Waals surface area contributed by atoms with Crippen molar-refractivity contribution in [3.63, 3.8) is 0 Å². The molecule has 0 unspecified atom stereocenters. The first-order valence-electron chi connectivity index (χ1n) is 13.4. The lowest BCUT2D eigenvalue weighted by molar-refractivity contribution is -0.123. The minimum absolute atomic E-state index is 0.0147. The number of fused-ring (bicyclic) bond motifs is 1. The Balaban J connectivity index is 1.37. The number of amides is 1. The Morgan fingerprint density at radius 1 is 1.18 bits per heavy atom. The third-order valence-electron chi connectivity index (χ3n) is 7.25. The average Bonchev–Trinajstić information content (AvgIpc) is 3.47. The fourth-order valence-corrected chi connectivity index (χ4v) is 5.11. The van der Waals surface area contributed by atoms with E-state index in [0.29, 0.717) is 17.1 Å². The smallest absolute Gasteiger partial charge is 0.258 e. The first kappa shape index (κ1) is 26.4. The fraction of sp³-hybridized carbons (Fsp3) is 0.333. The van der Waals surface area contributed by atoms with Crippen molar-refractivity contribution < 1.29 is 9.53 Å². The van der Waals surface area contributed by atoms with Crippen LogP contribution in [0.25, 0.3) is 17.0 Å². The molecule has 9 heteroatoms. The minimum atomic E-state index is -0.0892. The summed E-state index contributed by atoms with van der Waals surface area (Å²) in [4.78, 5) is 24.4. The topological polar surface area (TPSA) is 129 Å². The molecular formula is C30H35N7O2. The van der Waals surface area contributed by atoms with Gasteiger partial charge in [-0.2, -0.15) is 0 Å². The molecule has 0 radical (unpaired) electrons. The molecule has 0 atom stereocenters. The number of benzene rings is 2. The first-order valence-corrected chi connectivity index (χ1v) is 13.4. The van der Waals surface area contributed by atoms with Crippen molar-refractivity contribution in [1.29, 1.82) is 5.41 Å². The van der Waals surface area contributed by atoms with E-state index in [1.54, 1.807) is 0 Å². The second-order valence-electron chi connectivity index (χ2n) is 10.1. The van der Waals surface area contributed by atoms with Crippen molar-refractivity contribution >= 4 is 29.2 Å². The lowest BCUT2D eigenvalue weighted by Gasteiger charge is -2.26. The molecule has 1 amide bonds. The van der Waals surface area contributed by atoms with Crippen LogP contribution in [0.4, 0.5) is 11.5 Å². The lowest BCUT2D eigenvalue weighted by Crippen LogP contribution is -2.36. The zero-order valence-corrected chi connectivity index (χ0v) is 22.2. The highest BCUT2D eigenvalue weighted by Gasteiger charge is 2.22. The second-order valence-corrected chi connectivity index (χ2v) is 10.1. The first-order chi connectivity index (χ1) is 19.0. The molecule has 5 rings (SSSR count). The highest BCUT2D eigenvalue weighted by Crippen LogP contribution is 2.30. The number of rotatable bonds is 9. The van der Waals surface area contributed by atoms with E-state index in [-0.39, 0.29) is 18.6 Å². The molecule has 1 fully saturated rings. The third-order valence-corrected chi connectivity index (χ3v) is 7.25. The summed E-state index contributed by atoms with van der Waals surface area (Å²) >= 11 is 0. The van der Waals surface area contributed by atoms with Gasteiger partial charge in [-0.25, -0.2) is 9.97 Å². The van der Waals surface area contributed by atoms with Crippen LogP contribution >= 0.6 is 0 Å². The van der Waals surface area contributed by atoms with Gasteiger partial charge in [0.1, 0.15) is 11.6 Å². The Hall–Kier alpha value is -4.24. The molecular weight excluding hydrogens is 490 g/mol. The quantitative estimate of drug-likeness (QED) is 0.307. The van der Waals surface area contributed by atoms with Crippen LogP contribution in [0, 0.1) is 5.41 Å². The number of nitrogens with zero attached hydrogens (tertiary/aromatic N) is 3. The molecule has 2 heterocycles. The van der Waals surface area contributed by atoms with Crippen molar-refractivity contribution in [2.75, 3.05) is 25.5 Å². The molecule has 202 valence electrons. The van der Waals surface area contributed by atoms with Gasteiger partial charge in [0.15, 0.2) is 12.4 Å². The SMILES string of the molecule is CN1CCc2nc(-c3cccc(OCC(=O)NC4CCCC4)c3)nc(Nc3ccc(/C(C=N)=C/N)cc3)c2C1. The number of nitrogens with two attached hydrogens (primary N) is 1. The number of hydrogen-bond acceptors (Lipinski definition) is 8. The van der Waals surface area contributed by atoms with Crippen LogP contribution in [0.3, 0.4) is 0 Å². The molecule has 2 aliphatic rings. The predicted molar refractivity (Wildman–Crippen MR) is 154 cm³/mol. The van der Waals surface area contributed by atoms with Crippen LogP contribution in [0.15, 0.2) is 54.7 Å². The van der Waals surface area contributed by atoms with Gasteiger partial charge in [-0.15, -0.1) is 0 Å². The number of allylic oxidation sites excluding steroid dienone is 1. The normalized spacial score (nSPS) is 16.0. The molecule has 0 saturated heterocycles. The van der Waals surface area contributed by atoms with E-state index in [1.165, 1.54) is 25.3 Å². The zero-order chi connectivity index (χ0) is 27.2. The monoisotopic (exact) mass is 525 g/mol. The van der Waals surface area contributed by atoms with Crippen molar-refractivity contribution in [2.24, 2.45) is 5.73 Å². The maximum absolute atomic E-state index is 12.3. The summed E-state index contributed by atoms with van der Waals surface area (Å²) in [7, 11) is 2.09. The molecule has 1 aliphatic heterocycles. The Kier molecular flexibility index (Phi) is 8.17. The van der Waals surface area contributed by atoms with E-state index < -0.39 is 0 Å². The van der Waals surface area contributed by atoms with E-state index in [0.717, 1.165) is 66.2 Å². The zero-order valence-electron chi connectivity index (χ0n) is 22.2. The molecule has 2 aromatic carbocycles. The van der Waals surface area contributed by atoms with Gasteiger partial charge < -0.3 is 31.4 Å². The number of carbonyl (C=O) groups is 1. The highest BCUT2D eigenvalue weighted by atomic mass is 16.5. The lowest BCUT2D eigenvalue weighted by atomic mass is 10.0. The van der Waals surface area contributed by atoms with Gasteiger partial charge in [-0.1, -0.05) is 37.1 Å². The van der Waals surface area contributed by atoms with Crippen molar-refractivity contribution in [3.8, 4) is 17.1 Å². The molecule has 0 spiro atoms. The van der Waals surface area contributed by atoms with E-state index in [1.807, 2.05) is 48.5 Å². The van der Waals surface area contributed by atoms with Crippen molar-refractivity contribution in [2.45, 2.75) is 44.7 Å². The second kappa shape index (κ2) is 12.1. The maximum Gasteiger partial charge on any atom is 0.258 e. The molecule has 9 nitrogen and oxygen atoms in total. The molecule has 1 aliphatic carbocycles. The summed E-state index contributed by atoms with van der Waals surface area (Å²) in [6.07, 6.45) is 7.93. The standard InChI is InChI=1S/C30H35N7O2/c1-37-14-13-27-26(18-37)30(34-24-11-9-20(10-12-24)22(16-31)17-32)36-29(35-27)21-5-4-8-25(15-21)39-19-28(38)33-23-6-2-3-7-23/h4-5,8-12,15-17,23,31H,2-3,6-7,13-14,18-19,32H2,1H3,(H,33,38)(H,34,35,36)/b22-17+,31-16?. The van der Waals surface area contributed by atoms with E-state index in [4.69, 9.17) is 25.8 Å². The van der Waals surface area contributed by atoms with E-state index in [2.05, 4.69) is 22.6 Å². The van der Waals surface area contributed by atoms with Crippen LogP contribution in [-0.4, -0.2) is 53.2 Å². The van der Waals surface area contributed by atoms with Crippen molar-refractivity contribution in [1.82, 2.24) is 20.2 Å². The Morgan fingerprint density at radius 3 is 2.72 bits per heavy atom.